The van der Waals surface area contributed by atoms with Crippen molar-refractivity contribution >= 4 is 27.3 Å². The number of carbonyl (C=O) groups is 1. The number of nitriles is 1. The van der Waals surface area contributed by atoms with Gasteiger partial charge < -0.3 is 11.1 Å². The summed E-state index contributed by atoms with van der Waals surface area (Å²) in [5.74, 6) is -1.54. The molecule has 0 saturated heterocycles. The van der Waals surface area contributed by atoms with Gasteiger partial charge in [0, 0.05) is 17.4 Å². The van der Waals surface area contributed by atoms with Gasteiger partial charge in [-0.1, -0.05) is 0 Å². The van der Waals surface area contributed by atoms with E-state index in [1.807, 2.05) is 6.07 Å². The molecule has 2 aromatic rings. The molecule has 2 aliphatic rings. The molecule has 1 aromatic carbocycles. The second kappa shape index (κ2) is 7.38. The van der Waals surface area contributed by atoms with Crippen LogP contribution in [-0.4, -0.2) is 35.6 Å². The number of hydrogen-bond donors (Lipinski definition) is 2. The highest BCUT2D eigenvalue weighted by Crippen LogP contribution is 2.47. The molecule has 10 heteroatoms. The highest BCUT2D eigenvalue weighted by atomic mass is 32.2. The Morgan fingerprint density at radius 3 is 2.59 bits per heavy atom. The van der Waals surface area contributed by atoms with Crippen molar-refractivity contribution in [3.05, 3.63) is 58.7 Å². The van der Waals surface area contributed by atoms with E-state index in [2.05, 4.69) is 15.3 Å². The Bertz CT molecular complexity index is 1310. The molecule has 1 amide bonds. The first-order chi connectivity index (χ1) is 15.0. The zero-order chi connectivity index (χ0) is 23.3. The number of nitrogens with zero attached hydrogens (tertiary/aromatic N) is 3. The Kier molecular flexibility index (Phi) is 5.05. The first kappa shape index (κ1) is 21.9. The lowest BCUT2D eigenvalue weighted by Crippen LogP contribution is -2.61. The molecule has 2 heterocycles. The van der Waals surface area contributed by atoms with Crippen LogP contribution in [0.25, 0.3) is 0 Å². The fourth-order valence-corrected chi connectivity index (χ4v) is 6.86. The highest BCUT2D eigenvalue weighted by Gasteiger charge is 2.58. The minimum absolute atomic E-state index is 0.0174. The number of sulfone groups is 1. The van der Waals surface area contributed by atoms with E-state index in [0.717, 1.165) is 12.5 Å². The molecule has 1 aliphatic heterocycles. The molecule has 4 rings (SSSR count). The molecule has 0 bridgehead atoms. The Balaban J connectivity index is 1.68. The summed E-state index contributed by atoms with van der Waals surface area (Å²) in [6, 6.07) is 7.39. The number of rotatable bonds is 3. The average Bonchev–Trinajstić information content (AvgIpc) is 2.66. The van der Waals surface area contributed by atoms with Crippen LogP contribution in [0.5, 0.6) is 0 Å². The van der Waals surface area contributed by atoms with Gasteiger partial charge in [0.15, 0.2) is 9.84 Å². The van der Waals surface area contributed by atoms with E-state index in [1.54, 1.807) is 13.0 Å². The molecular formula is C22H22FN5O3S. The molecule has 1 aliphatic carbocycles. The van der Waals surface area contributed by atoms with Crippen LogP contribution in [-0.2, 0) is 15.4 Å². The number of carbonyl (C=O) groups excluding carboxylic acids is 1. The van der Waals surface area contributed by atoms with E-state index in [9.17, 15) is 17.6 Å². The summed E-state index contributed by atoms with van der Waals surface area (Å²) in [6.07, 6.45) is 2.90. The molecule has 166 valence electrons. The number of amides is 1. The maximum Gasteiger partial charge on any atom is 0.274 e. The number of nitrogens with one attached hydrogen (secondary N) is 1. The molecule has 1 fully saturated rings. The second-order valence-electron chi connectivity index (χ2n) is 8.53. The largest absolute Gasteiger partial charge is 0.386 e. The number of aliphatic imine (C=N–C) groups is 1. The SMILES string of the molecule is Cc1cc(C#N)cnc1C(=O)Nc1ccc(F)c(C2(C)CS(=O)(=O)C3(CCC3)C(N)=N2)c1. The van der Waals surface area contributed by atoms with Crippen LogP contribution in [0.15, 0.2) is 35.5 Å². The number of amidine groups is 1. The lowest BCUT2D eigenvalue weighted by atomic mass is 9.82. The van der Waals surface area contributed by atoms with Crippen molar-refractivity contribution in [3.8, 4) is 6.07 Å². The smallest absolute Gasteiger partial charge is 0.274 e. The molecule has 1 aromatic heterocycles. The summed E-state index contributed by atoms with van der Waals surface area (Å²) < 4.78 is 39.8. The van der Waals surface area contributed by atoms with E-state index in [4.69, 9.17) is 11.0 Å². The van der Waals surface area contributed by atoms with Crippen LogP contribution in [0.2, 0.25) is 0 Å². The minimum atomic E-state index is -3.65. The van der Waals surface area contributed by atoms with Gasteiger partial charge in [-0.25, -0.2) is 17.8 Å². The van der Waals surface area contributed by atoms with Gasteiger partial charge >= 0.3 is 0 Å². The van der Waals surface area contributed by atoms with Gasteiger partial charge in [-0.05, 0) is 62.9 Å². The average molecular weight is 456 g/mol. The van der Waals surface area contributed by atoms with E-state index < -0.39 is 31.8 Å². The molecule has 1 unspecified atom stereocenters. The summed E-state index contributed by atoms with van der Waals surface area (Å²) in [5.41, 5.74) is 5.92. The van der Waals surface area contributed by atoms with Gasteiger partial charge in [0.2, 0.25) is 0 Å². The Morgan fingerprint density at radius 1 is 1.31 bits per heavy atom. The normalized spacial score (nSPS) is 23.0. The van der Waals surface area contributed by atoms with Crippen LogP contribution in [0.4, 0.5) is 10.1 Å². The molecule has 8 nitrogen and oxygen atoms in total. The minimum Gasteiger partial charge on any atom is -0.386 e. The van der Waals surface area contributed by atoms with Gasteiger partial charge in [-0.3, -0.25) is 9.79 Å². The molecule has 1 spiro atoms. The van der Waals surface area contributed by atoms with Gasteiger partial charge in [0.1, 0.15) is 33.7 Å². The fraction of sp³-hybridized carbons (Fsp3) is 0.364. The molecule has 0 radical (unpaired) electrons. The molecule has 1 saturated carbocycles. The standard InChI is InChI=1S/C22H22FN5O3S/c1-13-8-14(10-24)11-26-18(13)19(29)27-15-4-5-17(23)16(9-15)21(2)12-32(30,31)22(6-3-7-22)20(25)28-21/h4-5,8-9,11H,3,6-7,12H2,1-2H3,(H2,25,28)(H,27,29). The number of anilines is 1. The first-order valence-electron chi connectivity index (χ1n) is 10.1. The van der Waals surface area contributed by atoms with Crippen LogP contribution in [0, 0.1) is 24.1 Å². The third kappa shape index (κ3) is 3.33. The number of pyridine rings is 1. The molecule has 32 heavy (non-hydrogen) atoms. The monoisotopic (exact) mass is 455 g/mol. The molecular weight excluding hydrogens is 433 g/mol. The van der Waals surface area contributed by atoms with Crippen molar-refractivity contribution in [2.24, 2.45) is 10.7 Å². The number of benzene rings is 1. The quantitative estimate of drug-likeness (QED) is 0.729. The molecule has 1 atom stereocenters. The van der Waals surface area contributed by atoms with E-state index in [-0.39, 0.29) is 28.5 Å². The summed E-state index contributed by atoms with van der Waals surface area (Å²) in [4.78, 5) is 21.2. The fourth-order valence-electron chi connectivity index (χ4n) is 4.35. The van der Waals surface area contributed by atoms with Crippen molar-refractivity contribution in [1.82, 2.24) is 4.98 Å². The Labute approximate surface area is 185 Å². The lowest BCUT2D eigenvalue weighted by Gasteiger charge is -2.46. The third-order valence-corrected chi connectivity index (χ3v) is 9.04. The predicted molar refractivity (Wildman–Crippen MR) is 117 cm³/mol. The van der Waals surface area contributed by atoms with Crippen LogP contribution in [0.3, 0.4) is 0 Å². The van der Waals surface area contributed by atoms with Crippen LogP contribution < -0.4 is 11.1 Å². The van der Waals surface area contributed by atoms with E-state index in [0.29, 0.717) is 24.0 Å². The summed E-state index contributed by atoms with van der Waals surface area (Å²) in [7, 11) is -3.65. The van der Waals surface area contributed by atoms with Gasteiger partial charge in [0.25, 0.3) is 5.91 Å². The lowest BCUT2D eigenvalue weighted by molar-refractivity contribution is 0.102. The number of halogens is 1. The van der Waals surface area contributed by atoms with Gasteiger partial charge in [-0.15, -0.1) is 0 Å². The van der Waals surface area contributed by atoms with Crippen molar-refractivity contribution in [3.63, 3.8) is 0 Å². The summed E-state index contributed by atoms with van der Waals surface area (Å²) in [6.45, 7) is 3.18. The number of aryl methyl sites for hydroxylation is 1. The van der Waals surface area contributed by atoms with Crippen molar-refractivity contribution < 1.29 is 17.6 Å². The number of hydrogen-bond acceptors (Lipinski definition) is 7. The van der Waals surface area contributed by atoms with Gasteiger partial charge in [-0.2, -0.15) is 5.26 Å². The zero-order valence-corrected chi connectivity index (χ0v) is 18.5. The maximum absolute atomic E-state index is 14.8. The van der Waals surface area contributed by atoms with E-state index >= 15 is 0 Å². The summed E-state index contributed by atoms with van der Waals surface area (Å²) in [5, 5.41) is 11.6. The van der Waals surface area contributed by atoms with Crippen molar-refractivity contribution in [2.45, 2.75) is 43.4 Å². The Morgan fingerprint density at radius 2 is 2.03 bits per heavy atom. The number of nitrogens with two attached hydrogens (primary N) is 1. The molecule has 3 N–H and O–H groups in total. The second-order valence-corrected chi connectivity index (χ2v) is 10.8. The summed E-state index contributed by atoms with van der Waals surface area (Å²) >= 11 is 0. The number of aromatic nitrogens is 1. The van der Waals surface area contributed by atoms with Crippen molar-refractivity contribution in [1.29, 1.82) is 5.26 Å². The van der Waals surface area contributed by atoms with Crippen molar-refractivity contribution in [2.75, 3.05) is 11.1 Å². The maximum atomic E-state index is 14.8. The topological polar surface area (TPSA) is 138 Å². The van der Waals surface area contributed by atoms with E-state index in [1.165, 1.54) is 25.3 Å². The first-order valence-corrected chi connectivity index (χ1v) is 11.7. The zero-order valence-electron chi connectivity index (χ0n) is 17.6. The highest BCUT2D eigenvalue weighted by molar-refractivity contribution is 7.93. The Hall–Kier alpha value is -3.32. The predicted octanol–water partition coefficient (Wildman–Crippen LogP) is 2.58. The van der Waals surface area contributed by atoms with Crippen LogP contribution in [0.1, 0.15) is 53.4 Å². The van der Waals surface area contributed by atoms with Gasteiger partial charge in [0.05, 0.1) is 11.3 Å². The van der Waals surface area contributed by atoms with Crippen LogP contribution >= 0.6 is 0 Å². The third-order valence-electron chi connectivity index (χ3n) is 6.29.